The van der Waals surface area contributed by atoms with E-state index in [1.165, 1.54) is 0 Å². The molecule has 1 heterocycles. The third-order valence-corrected chi connectivity index (χ3v) is 5.10. The monoisotopic (exact) mass is 347 g/mol. The van der Waals surface area contributed by atoms with Gasteiger partial charge in [-0.15, -0.1) is 11.3 Å². The van der Waals surface area contributed by atoms with E-state index >= 15 is 0 Å². The summed E-state index contributed by atoms with van der Waals surface area (Å²) >= 11 is 6.94. The van der Waals surface area contributed by atoms with Gasteiger partial charge in [0.25, 0.3) is 0 Å². The summed E-state index contributed by atoms with van der Waals surface area (Å²) in [6.45, 7) is 2.76. The highest BCUT2D eigenvalue weighted by Gasteiger charge is 2.04. The second-order valence-corrected chi connectivity index (χ2v) is 6.76. The number of aromatic nitrogens is 1. The molecule has 1 aromatic heterocycles. The fraction of sp³-hybridized carbons (Fsp3) is 0.500. The zero-order chi connectivity index (χ0) is 13.4. The van der Waals surface area contributed by atoms with Crippen LogP contribution in [0, 0.1) is 18.4 Å². The van der Waals surface area contributed by atoms with Crippen molar-refractivity contribution in [2.75, 3.05) is 19.3 Å². The van der Waals surface area contributed by atoms with Crippen molar-refractivity contribution < 1.29 is 0 Å². The number of halogens is 1. The minimum Gasteiger partial charge on any atom is -0.355 e. The number of nitrogens with one attached hydrogen (secondary N) is 2. The number of hydrogen-bond donors (Lipinski definition) is 2. The molecule has 2 N–H and O–H groups in total. The molecule has 0 spiro atoms. The maximum Gasteiger partial charge on any atom is 0.204 e. The lowest BCUT2D eigenvalue weighted by Gasteiger charge is -2.05. The van der Waals surface area contributed by atoms with Crippen LogP contribution in [0.5, 0.6) is 0 Å². The van der Waals surface area contributed by atoms with Crippen molar-refractivity contribution >= 4 is 45.0 Å². The smallest absolute Gasteiger partial charge is 0.204 e. The van der Waals surface area contributed by atoms with Gasteiger partial charge in [-0.1, -0.05) is 0 Å². The highest BCUT2D eigenvalue weighted by atomic mass is 79.9. The fourth-order valence-corrected chi connectivity index (χ4v) is 3.47. The van der Waals surface area contributed by atoms with Crippen LogP contribution in [0.15, 0.2) is 8.78 Å². The van der Waals surface area contributed by atoms with Crippen molar-refractivity contribution in [1.29, 1.82) is 5.26 Å². The number of aryl methyl sites for hydroxylation is 1. The van der Waals surface area contributed by atoms with Crippen molar-refractivity contribution in [3.05, 3.63) is 14.5 Å². The molecule has 0 amide bonds. The number of hydrogen-bond acceptors (Lipinski definition) is 5. The Kier molecular flexibility index (Phi) is 7.08. The number of rotatable bonds is 5. The highest BCUT2D eigenvalue weighted by molar-refractivity contribution is 9.11. The maximum atomic E-state index is 8.45. The molecule has 0 fully saturated rings. The largest absolute Gasteiger partial charge is 0.355 e. The summed E-state index contributed by atoms with van der Waals surface area (Å²) in [6.07, 6.45) is 1.83. The van der Waals surface area contributed by atoms with Crippen LogP contribution in [-0.2, 0) is 5.75 Å². The van der Waals surface area contributed by atoms with Crippen molar-refractivity contribution in [1.82, 2.24) is 15.6 Å². The Balaban J connectivity index is 2.18. The predicted molar refractivity (Wildman–Crippen MR) is 80.8 cm³/mol. The predicted octanol–water partition coefficient (Wildman–Crippen LogP) is 2.09. The first-order valence-electron chi connectivity index (χ1n) is 5.22. The Bertz CT molecular complexity index is 432. The van der Waals surface area contributed by atoms with Crippen LogP contribution in [0.4, 0.5) is 0 Å². The van der Waals surface area contributed by atoms with Crippen LogP contribution in [0.2, 0.25) is 0 Å². The normalized spacial score (nSPS) is 11.1. The first kappa shape index (κ1) is 15.3. The number of thioether (sulfide) groups is 1. The molecule has 0 bridgehead atoms. The molecule has 0 radical (unpaired) electrons. The summed E-state index contributed by atoms with van der Waals surface area (Å²) in [5.41, 5.74) is 1.05. The first-order chi connectivity index (χ1) is 8.67. The summed E-state index contributed by atoms with van der Waals surface area (Å²) in [7, 11) is 1.63. The summed E-state index contributed by atoms with van der Waals surface area (Å²) < 4.78 is 1.11. The lowest BCUT2D eigenvalue weighted by Crippen LogP contribution is -2.35. The van der Waals surface area contributed by atoms with Gasteiger partial charge in [-0.05, 0) is 22.9 Å². The lowest BCUT2D eigenvalue weighted by atomic mass is 10.6. The summed E-state index contributed by atoms with van der Waals surface area (Å²) in [5.74, 6) is 2.34. The molecule has 0 saturated heterocycles. The topological polar surface area (TPSA) is 73.1 Å². The van der Waals surface area contributed by atoms with Gasteiger partial charge in [0.05, 0.1) is 9.48 Å². The molecule has 1 aromatic rings. The second-order valence-electron chi connectivity index (χ2n) is 3.26. The molecule has 18 heavy (non-hydrogen) atoms. The number of thiazole rings is 1. The SMILES string of the molecule is CN=C(NC#N)NCCSCc1nc(C)c(Br)s1. The summed E-state index contributed by atoms with van der Waals surface area (Å²) in [5, 5.41) is 15.1. The van der Waals surface area contributed by atoms with Crippen LogP contribution in [0.25, 0.3) is 0 Å². The van der Waals surface area contributed by atoms with Gasteiger partial charge in [0, 0.05) is 25.1 Å². The van der Waals surface area contributed by atoms with Crippen molar-refractivity contribution in [2.24, 2.45) is 4.99 Å². The molecule has 0 aliphatic heterocycles. The minimum atomic E-state index is 0.505. The van der Waals surface area contributed by atoms with Gasteiger partial charge < -0.3 is 5.32 Å². The van der Waals surface area contributed by atoms with Crippen molar-refractivity contribution in [3.8, 4) is 6.19 Å². The van der Waals surface area contributed by atoms with E-state index in [2.05, 4.69) is 36.5 Å². The van der Waals surface area contributed by atoms with Gasteiger partial charge in [-0.2, -0.15) is 17.0 Å². The van der Waals surface area contributed by atoms with Gasteiger partial charge in [0.1, 0.15) is 5.01 Å². The Morgan fingerprint density at radius 3 is 3.00 bits per heavy atom. The Labute approximate surface area is 123 Å². The summed E-state index contributed by atoms with van der Waals surface area (Å²) in [6, 6.07) is 0. The van der Waals surface area contributed by atoms with Gasteiger partial charge >= 0.3 is 0 Å². The third kappa shape index (κ3) is 5.25. The van der Waals surface area contributed by atoms with E-state index in [4.69, 9.17) is 5.26 Å². The highest BCUT2D eigenvalue weighted by Crippen LogP contribution is 2.26. The van der Waals surface area contributed by atoms with Crippen LogP contribution in [0.1, 0.15) is 10.7 Å². The van der Waals surface area contributed by atoms with Crippen LogP contribution >= 0.6 is 39.0 Å². The molecule has 0 unspecified atom stereocenters. The standard InChI is InChI=1S/C10H14BrN5S2/c1-7-9(11)18-8(16-7)5-17-4-3-14-10(13-2)15-6-12/h3-5H2,1-2H3,(H2,13,14,15). The van der Waals surface area contributed by atoms with Crippen LogP contribution in [-0.4, -0.2) is 30.3 Å². The molecule has 8 heteroatoms. The lowest BCUT2D eigenvalue weighted by molar-refractivity contribution is 0.931. The Morgan fingerprint density at radius 2 is 2.44 bits per heavy atom. The fourth-order valence-electron chi connectivity index (χ4n) is 1.13. The van der Waals surface area contributed by atoms with Crippen molar-refractivity contribution in [3.63, 3.8) is 0 Å². The second kappa shape index (κ2) is 8.34. The molecule has 0 aliphatic rings. The maximum absolute atomic E-state index is 8.45. The Morgan fingerprint density at radius 1 is 1.67 bits per heavy atom. The number of aliphatic imine (C=N–C) groups is 1. The zero-order valence-electron chi connectivity index (χ0n) is 10.2. The molecule has 0 aliphatic carbocycles. The van der Waals surface area contributed by atoms with Gasteiger partial charge in [-0.25, -0.2) is 4.98 Å². The molecule has 1 rings (SSSR count). The van der Waals surface area contributed by atoms with Crippen molar-refractivity contribution in [2.45, 2.75) is 12.7 Å². The molecule has 0 aromatic carbocycles. The number of nitrogens with zero attached hydrogens (tertiary/aromatic N) is 3. The van der Waals surface area contributed by atoms with Gasteiger partial charge in [0.2, 0.25) is 5.96 Å². The van der Waals surface area contributed by atoms with E-state index in [-0.39, 0.29) is 0 Å². The molecule has 5 nitrogen and oxygen atoms in total. The quantitative estimate of drug-likeness (QED) is 0.280. The van der Waals surface area contributed by atoms with E-state index < -0.39 is 0 Å². The average molecular weight is 348 g/mol. The molecule has 0 saturated carbocycles. The van der Waals surface area contributed by atoms with Crippen LogP contribution in [0.3, 0.4) is 0 Å². The van der Waals surface area contributed by atoms with E-state index in [1.54, 1.807) is 30.1 Å². The number of guanidine groups is 1. The Hall–Kier alpha value is -0.780. The summed E-state index contributed by atoms with van der Waals surface area (Å²) in [4.78, 5) is 8.33. The molecule has 98 valence electrons. The first-order valence-corrected chi connectivity index (χ1v) is 7.99. The number of nitriles is 1. The van der Waals surface area contributed by atoms with Crippen LogP contribution < -0.4 is 10.6 Å². The van der Waals surface area contributed by atoms with E-state index in [0.717, 1.165) is 32.5 Å². The van der Waals surface area contributed by atoms with Gasteiger partial charge in [-0.3, -0.25) is 10.3 Å². The van der Waals surface area contributed by atoms with E-state index in [0.29, 0.717) is 5.96 Å². The van der Waals surface area contributed by atoms with E-state index in [9.17, 15) is 0 Å². The average Bonchev–Trinajstić information content (AvgIpc) is 2.67. The molecular weight excluding hydrogens is 334 g/mol. The van der Waals surface area contributed by atoms with E-state index in [1.807, 2.05) is 13.1 Å². The third-order valence-electron chi connectivity index (χ3n) is 1.95. The zero-order valence-corrected chi connectivity index (χ0v) is 13.4. The van der Waals surface area contributed by atoms with Gasteiger partial charge in [0.15, 0.2) is 6.19 Å². The minimum absolute atomic E-state index is 0.505. The molecular formula is C10H14BrN5S2. The molecule has 0 atom stereocenters.